The molecule has 9 heteroatoms. The highest BCUT2D eigenvalue weighted by Gasteiger charge is 2.11. The summed E-state index contributed by atoms with van der Waals surface area (Å²) in [5.41, 5.74) is 1.24. The molecule has 0 unspecified atom stereocenters. The van der Waals surface area contributed by atoms with Crippen LogP contribution in [-0.4, -0.2) is 26.8 Å². The molecule has 2 N–H and O–H groups in total. The number of anilines is 1. The maximum atomic E-state index is 13.7. The van der Waals surface area contributed by atoms with Crippen LogP contribution in [0.3, 0.4) is 0 Å². The molecule has 1 heterocycles. The normalized spacial score (nSPS) is 10.6. The summed E-state index contributed by atoms with van der Waals surface area (Å²) in [6.45, 7) is 2.23. The third kappa shape index (κ3) is 5.80. The van der Waals surface area contributed by atoms with E-state index in [1.165, 1.54) is 12.1 Å². The lowest BCUT2D eigenvalue weighted by Gasteiger charge is -2.05. The monoisotopic (exact) mass is 450 g/mol. The fraction of sp³-hybridized carbons (Fsp3) is 0.167. The molecule has 1 amide bonds. The quantitative estimate of drug-likeness (QED) is 0.523. The molecule has 2 aromatic carbocycles. The van der Waals surface area contributed by atoms with Crippen molar-refractivity contribution >= 4 is 39.3 Å². The number of aryl methyl sites for hydroxylation is 1. The van der Waals surface area contributed by atoms with Crippen LogP contribution >= 0.6 is 27.7 Å². The SMILES string of the molecule is Cc1cccc(OCc2nc(SCC(=O)Nc3ccc(Br)cc3F)n[nH]2)c1. The highest BCUT2D eigenvalue weighted by molar-refractivity contribution is 9.10. The minimum Gasteiger partial charge on any atom is -0.486 e. The summed E-state index contributed by atoms with van der Waals surface area (Å²) in [6.07, 6.45) is 0. The van der Waals surface area contributed by atoms with Crippen LogP contribution in [0.5, 0.6) is 5.75 Å². The van der Waals surface area contributed by atoms with E-state index < -0.39 is 5.82 Å². The van der Waals surface area contributed by atoms with E-state index in [1.54, 1.807) is 6.07 Å². The molecule has 6 nitrogen and oxygen atoms in total. The van der Waals surface area contributed by atoms with Crippen LogP contribution in [0.15, 0.2) is 52.1 Å². The third-order valence-electron chi connectivity index (χ3n) is 3.41. The first-order chi connectivity index (χ1) is 13.0. The van der Waals surface area contributed by atoms with Crippen molar-refractivity contribution < 1.29 is 13.9 Å². The van der Waals surface area contributed by atoms with Crippen LogP contribution in [0.25, 0.3) is 0 Å². The van der Waals surface area contributed by atoms with Gasteiger partial charge in [-0.1, -0.05) is 39.8 Å². The van der Waals surface area contributed by atoms with Gasteiger partial charge in [0.15, 0.2) is 5.82 Å². The van der Waals surface area contributed by atoms with Gasteiger partial charge in [0.05, 0.1) is 11.4 Å². The number of thioether (sulfide) groups is 1. The molecule has 0 saturated heterocycles. The number of amides is 1. The Labute approximate surface area is 168 Å². The molecule has 0 aliphatic rings. The minimum atomic E-state index is -0.504. The zero-order valence-electron chi connectivity index (χ0n) is 14.3. The van der Waals surface area contributed by atoms with E-state index in [0.717, 1.165) is 23.1 Å². The van der Waals surface area contributed by atoms with Crippen molar-refractivity contribution in [2.45, 2.75) is 18.7 Å². The fourth-order valence-electron chi connectivity index (χ4n) is 2.17. The summed E-state index contributed by atoms with van der Waals surface area (Å²) in [7, 11) is 0. The molecular weight excluding hydrogens is 435 g/mol. The molecule has 0 aliphatic heterocycles. The molecule has 0 spiro atoms. The Balaban J connectivity index is 1.48. The number of rotatable bonds is 7. The fourth-order valence-corrected chi connectivity index (χ4v) is 3.12. The summed E-state index contributed by atoms with van der Waals surface area (Å²) >= 11 is 4.32. The molecule has 0 saturated carbocycles. The lowest BCUT2D eigenvalue weighted by Crippen LogP contribution is -2.15. The summed E-state index contributed by atoms with van der Waals surface area (Å²) in [6, 6.07) is 12.1. The highest BCUT2D eigenvalue weighted by Crippen LogP contribution is 2.20. The van der Waals surface area contributed by atoms with Gasteiger partial charge in [-0.25, -0.2) is 9.37 Å². The van der Waals surface area contributed by atoms with Crippen molar-refractivity contribution in [1.82, 2.24) is 15.2 Å². The standard InChI is InChI=1S/C18H16BrFN4O2S/c1-11-3-2-4-13(7-11)26-9-16-22-18(24-23-16)27-10-17(25)21-15-6-5-12(19)8-14(15)20/h2-8H,9-10H2,1H3,(H,21,25)(H,22,23,24). The number of ether oxygens (including phenoxy) is 1. The predicted octanol–water partition coefficient (Wildman–Crippen LogP) is 4.32. The summed E-state index contributed by atoms with van der Waals surface area (Å²) < 4.78 is 20.0. The number of carbonyl (C=O) groups is 1. The van der Waals surface area contributed by atoms with Gasteiger partial charge in [0, 0.05) is 4.47 Å². The molecule has 1 aromatic heterocycles. The van der Waals surface area contributed by atoms with Crippen LogP contribution in [0.4, 0.5) is 10.1 Å². The van der Waals surface area contributed by atoms with Gasteiger partial charge in [-0.2, -0.15) is 0 Å². The van der Waals surface area contributed by atoms with Crippen molar-refractivity contribution in [3.8, 4) is 5.75 Å². The molecule has 140 valence electrons. The van der Waals surface area contributed by atoms with Gasteiger partial charge in [-0.3, -0.25) is 9.89 Å². The molecule has 27 heavy (non-hydrogen) atoms. The van der Waals surface area contributed by atoms with E-state index in [-0.39, 0.29) is 24.0 Å². The first-order valence-corrected chi connectivity index (χ1v) is 9.76. The van der Waals surface area contributed by atoms with E-state index in [9.17, 15) is 9.18 Å². The molecular formula is C18H16BrFN4O2S. The van der Waals surface area contributed by atoms with E-state index in [2.05, 4.69) is 36.4 Å². The molecule has 0 radical (unpaired) electrons. The summed E-state index contributed by atoms with van der Waals surface area (Å²) in [5, 5.41) is 9.76. The average molecular weight is 451 g/mol. The van der Waals surface area contributed by atoms with Gasteiger partial charge in [-0.15, -0.1) is 5.10 Å². The van der Waals surface area contributed by atoms with E-state index >= 15 is 0 Å². The van der Waals surface area contributed by atoms with Crippen molar-refractivity contribution in [3.05, 3.63) is 64.1 Å². The number of hydrogen-bond donors (Lipinski definition) is 2. The molecule has 0 bridgehead atoms. The number of aromatic amines is 1. The Hall–Kier alpha value is -2.39. The molecule has 3 rings (SSSR count). The number of H-pyrrole nitrogens is 1. The van der Waals surface area contributed by atoms with Gasteiger partial charge in [0.1, 0.15) is 18.2 Å². The second-order valence-electron chi connectivity index (χ2n) is 5.63. The van der Waals surface area contributed by atoms with Crippen LogP contribution in [0.1, 0.15) is 11.4 Å². The number of carbonyl (C=O) groups excluding carboxylic acids is 1. The van der Waals surface area contributed by atoms with Crippen LogP contribution in [0, 0.1) is 12.7 Å². The highest BCUT2D eigenvalue weighted by atomic mass is 79.9. The maximum Gasteiger partial charge on any atom is 0.234 e. The summed E-state index contributed by atoms with van der Waals surface area (Å²) in [4.78, 5) is 16.2. The Morgan fingerprint density at radius 3 is 2.96 bits per heavy atom. The zero-order valence-corrected chi connectivity index (χ0v) is 16.7. The number of aromatic nitrogens is 3. The molecule has 3 aromatic rings. The Morgan fingerprint density at radius 1 is 1.33 bits per heavy atom. The second kappa shape index (κ2) is 9.01. The van der Waals surface area contributed by atoms with Gasteiger partial charge < -0.3 is 10.1 Å². The van der Waals surface area contributed by atoms with Gasteiger partial charge in [0.2, 0.25) is 11.1 Å². The van der Waals surface area contributed by atoms with Crippen LogP contribution in [0.2, 0.25) is 0 Å². The van der Waals surface area contributed by atoms with Gasteiger partial charge >= 0.3 is 0 Å². The van der Waals surface area contributed by atoms with E-state index in [0.29, 0.717) is 15.5 Å². The minimum absolute atomic E-state index is 0.0610. The topological polar surface area (TPSA) is 79.9 Å². The lowest BCUT2D eigenvalue weighted by molar-refractivity contribution is -0.113. The van der Waals surface area contributed by atoms with Crippen LogP contribution in [-0.2, 0) is 11.4 Å². The molecule has 0 atom stereocenters. The predicted molar refractivity (Wildman–Crippen MR) is 105 cm³/mol. The van der Waals surface area contributed by atoms with Gasteiger partial charge in [0.25, 0.3) is 0 Å². The zero-order chi connectivity index (χ0) is 19.2. The number of benzene rings is 2. The molecule has 0 fully saturated rings. The number of hydrogen-bond acceptors (Lipinski definition) is 5. The Bertz CT molecular complexity index is 951. The smallest absolute Gasteiger partial charge is 0.234 e. The van der Waals surface area contributed by atoms with Crippen molar-refractivity contribution in [2.75, 3.05) is 11.1 Å². The summed E-state index contributed by atoms with van der Waals surface area (Å²) in [5.74, 6) is 0.514. The Kier molecular flexibility index (Phi) is 6.46. The lowest BCUT2D eigenvalue weighted by atomic mass is 10.2. The van der Waals surface area contributed by atoms with Crippen molar-refractivity contribution in [2.24, 2.45) is 0 Å². The first kappa shape index (κ1) is 19.4. The first-order valence-electron chi connectivity index (χ1n) is 7.98. The molecule has 0 aliphatic carbocycles. The second-order valence-corrected chi connectivity index (χ2v) is 7.49. The number of halogens is 2. The number of nitrogens with one attached hydrogen (secondary N) is 2. The van der Waals surface area contributed by atoms with E-state index in [4.69, 9.17) is 4.74 Å². The Morgan fingerprint density at radius 2 is 2.19 bits per heavy atom. The van der Waals surface area contributed by atoms with E-state index in [1.807, 2.05) is 31.2 Å². The van der Waals surface area contributed by atoms with Crippen molar-refractivity contribution in [3.63, 3.8) is 0 Å². The average Bonchev–Trinajstić information content (AvgIpc) is 3.09. The van der Waals surface area contributed by atoms with Crippen molar-refractivity contribution in [1.29, 1.82) is 0 Å². The van der Waals surface area contributed by atoms with Crippen LogP contribution < -0.4 is 10.1 Å². The third-order valence-corrected chi connectivity index (χ3v) is 4.75. The van der Waals surface area contributed by atoms with Gasteiger partial charge in [-0.05, 0) is 42.8 Å². The maximum absolute atomic E-state index is 13.7. The largest absolute Gasteiger partial charge is 0.486 e. The number of nitrogens with zero attached hydrogens (tertiary/aromatic N) is 2.